The van der Waals surface area contributed by atoms with E-state index in [0.717, 1.165) is 18.9 Å². The van der Waals surface area contributed by atoms with Crippen LogP contribution in [0.2, 0.25) is 0 Å². The number of aliphatic imine (C=N–C) groups is 1. The minimum atomic E-state index is 1.04. The molecule has 1 aliphatic rings. The Bertz CT molecular complexity index is 143. The number of allylic oxidation sites excluding steroid dienone is 1. The van der Waals surface area contributed by atoms with Gasteiger partial charge in [0.2, 0.25) is 0 Å². The number of likely N-dealkylation sites (tertiary alicyclic amines) is 1. The molecule has 0 bridgehead atoms. The van der Waals surface area contributed by atoms with Crippen LogP contribution in [0.5, 0.6) is 0 Å². The van der Waals surface area contributed by atoms with Gasteiger partial charge in [0, 0.05) is 13.1 Å². The first-order valence-electron chi connectivity index (χ1n) is 3.76. The van der Waals surface area contributed by atoms with Crippen LogP contribution >= 0.6 is 0 Å². The molecule has 1 aliphatic heterocycles. The summed E-state index contributed by atoms with van der Waals surface area (Å²) >= 11 is 0. The molecule has 10 heavy (non-hydrogen) atoms. The van der Waals surface area contributed by atoms with Crippen molar-refractivity contribution in [3.05, 3.63) is 11.9 Å². The highest BCUT2D eigenvalue weighted by Crippen LogP contribution is 2.14. The van der Waals surface area contributed by atoms with Gasteiger partial charge in [0.05, 0.1) is 0 Å². The fraction of sp³-hybridized carbons (Fsp3) is 0.625. The van der Waals surface area contributed by atoms with Gasteiger partial charge in [0.15, 0.2) is 0 Å². The predicted molar refractivity (Wildman–Crippen MR) is 44.1 cm³/mol. The molecule has 0 atom stereocenters. The van der Waals surface area contributed by atoms with Crippen LogP contribution < -0.4 is 0 Å². The molecule has 0 saturated carbocycles. The molecule has 0 aromatic carbocycles. The Balaban J connectivity index is 2.53. The molecule has 0 spiro atoms. The summed E-state index contributed by atoms with van der Waals surface area (Å²) in [6.45, 7) is 7.82. The van der Waals surface area contributed by atoms with Gasteiger partial charge in [0.25, 0.3) is 0 Å². The monoisotopic (exact) mass is 138 g/mol. The highest BCUT2D eigenvalue weighted by molar-refractivity contribution is 5.28. The number of hydrogen-bond acceptors (Lipinski definition) is 2. The van der Waals surface area contributed by atoms with Crippen molar-refractivity contribution in [1.82, 2.24) is 4.90 Å². The number of rotatable bonds is 2. The predicted octanol–water partition coefficient (Wildman–Crippen LogP) is 1.64. The van der Waals surface area contributed by atoms with Gasteiger partial charge < -0.3 is 4.90 Å². The maximum Gasteiger partial charge on any atom is 0.123 e. The average Bonchev–Trinajstić information content (AvgIpc) is 2.43. The molecular formula is C8H14N2. The molecule has 0 N–H and O–H groups in total. The Kier molecular flexibility index (Phi) is 2.49. The van der Waals surface area contributed by atoms with E-state index < -0.39 is 0 Å². The van der Waals surface area contributed by atoms with Gasteiger partial charge in [-0.1, -0.05) is 0 Å². The van der Waals surface area contributed by atoms with Gasteiger partial charge in [-0.2, -0.15) is 0 Å². The van der Waals surface area contributed by atoms with Crippen LogP contribution in [0.3, 0.4) is 0 Å². The quantitative estimate of drug-likeness (QED) is 0.530. The van der Waals surface area contributed by atoms with Gasteiger partial charge in [0.1, 0.15) is 5.82 Å². The minimum absolute atomic E-state index is 1.04. The van der Waals surface area contributed by atoms with Crippen molar-refractivity contribution in [3.8, 4) is 0 Å². The maximum atomic E-state index is 3.93. The van der Waals surface area contributed by atoms with Crippen molar-refractivity contribution >= 4 is 6.72 Å². The van der Waals surface area contributed by atoms with Crippen LogP contribution in [0, 0.1) is 0 Å². The molecule has 1 heterocycles. The lowest BCUT2D eigenvalue weighted by Gasteiger charge is -2.16. The molecule has 0 amide bonds. The van der Waals surface area contributed by atoms with E-state index in [0.29, 0.717) is 0 Å². The maximum absolute atomic E-state index is 3.93. The number of hydrogen-bond donors (Lipinski definition) is 0. The summed E-state index contributed by atoms with van der Waals surface area (Å²) in [5.74, 6) is 1.04. The first-order chi connectivity index (χ1) is 4.88. The molecular weight excluding hydrogens is 124 g/mol. The summed E-state index contributed by atoms with van der Waals surface area (Å²) in [4.78, 5) is 6.20. The normalized spacial score (nSPS) is 19.7. The van der Waals surface area contributed by atoms with Crippen molar-refractivity contribution < 1.29 is 0 Å². The van der Waals surface area contributed by atoms with Gasteiger partial charge in [-0.3, -0.25) is 0 Å². The van der Waals surface area contributed by atoms with Gasteiger partial charge in [-0.15, -0.1) is 0 Å². The van der Waals surface area contributed by atoms with Crippen LogP contribution in [0.25, 0.3) is 0 Å². The molecule has 0 radical (unpaired) electrons. The van der Waals surface area contributed by atoms with Crippen LogP contribution in [0.15, 0.2) is 16.9 Å². The summed E-state index contributed by atoms with van der Waals surface area (Å²) in [5.41, 5.74) is 0. The molecule has 1 rings (SSSR count). The minimum Gasteiger partial charge on any atom is -0.357 e. The molecule has 1 saturated heterocycles. The van der Waals surface area contributed by atoms with E-state index in [9.17, 15) is 0 Å². The zero-order valence-corrected chi connectivity index (χ0v) is 6.51. The van der Waals surface area contributed by atoms with E-state index >= 15 is 0 Å². The van der Waals surface area contributed by atoms with E-state index in [-0.39, 0.29) is 0 Å². The largest absolute Gasteiger partial charge is 0.357 e. The molecule has 0 unspecified atom stereocenters. The Morgan fingerprint density at radius 3 is 2.50 bits per heavy atom. The van der Waals surface area contributed by atoms with Crippen molar-refractivity contribution in [2.24, 2.45) is 4.99 Å². The standard InChI is InChI=1S/C8H14N2/c1-3-8(9-2)10-6-4-5-7-10/h3H,2,4-7H2,1H3/b8-3+. The first kappa shape index (κ1) is 7.32. The van der Waals surface area contributed by atoms with Crippen molar-refractivity contribution in [2.45, 2.75) is 19.8 Å². The second-order valence-electron chi connectivity index (χ2n) is 2.50. The highest BCUT2D eigenvalue weighted by atomic mass is 15.2. The summed E-state index contributed by atoms with van der Waals surface area (Å²) in [7, 11) is 0. The second kappa shape index (κ2) is 3.40. The van der Waals surface area contributed by atoms with Gasteiger partial charge >= 0.3 is 0 Å². The third kappa shape index (κ3) is 1.38. The Morgan fingerprint density at radius 1 is 1.50 bits per heavy atom. The van der Waals surface area contributed by atoms with E-state index in [1.807, 2.05) is 13.0 Å². The second-order valence-corrected chi connectivity index (χ2v) is 2.50. The van der Waals surface area contributed by atoms with Gasteiger partial charge in [-0.25, -0.2) is 4.99 Å². The molecule has 0 aliphatic carbocycles. The van der Waals surface area contributed by atoms with Crippen LogP contribution in [0.1, 0.15) is 19.8 Å². The first-order valence-corrected chi connectivity index (χ1v) is 3.76. The zero-order valence-electron chi connectivity index (χ0n) is 6.51. The topological polar surface area (TPSA) is 15.6 Å². The van der Waals surface area contributed by atoms with Gasteiger partial charge in [-0.05, 0) is 32.6 Å². The molecule has 1 fully saturated rings. The van der Waals surface area contributed by atoms with Crippen LogP contribution in [-0.4, -0.2) is 24.7 Å². The van der Waals surface area contributed by atoms with Crippen LogP contribution in [0.4, 0.5) is 0 Å². The zero-order chi connectivity index (χ0) is 7.40. The van der Waals surface area contributed by atoms with E-state index in [2.05, 4.69) is 16.6 Å². The number of nitrogens with zero attached hydrogens (tertiary/aromatic N) is 2. The lowest BCUT2D eigenvalue weighted by Crippen LogP contribution is -2.16. The van der Waals surface area contributed by atoms with E-state index in [1.165, 1.54) is 12.8 Å². The molecule has 2 heteroatoms. The average molecular weight is 138 g/mol. The molecule has 2 nitrogen and oxygen atoms in total. The summed E-state index contributed by atoms with van der Waals surface area (Å²) in [6.07, 6.45) is 4.61. The van der Waals surface area contributed by atoms with Crippen molar-refractivity contribution in [3.63, 3.8) is 0 Å². The Morgan fingerprint density at radius 2 is 2.10 bits per heavy atom. The molecule has 0 aromatic heterocycles. The smallest absolute Gasteiger partial charge is 0.123 e. The van der Waals surface area contributed by atoms with E-state index in [4.69, 9.17) is 0 Å². The Hall–Kier alpha value is -0.790. The highest BCUT2D eigenvalue weighted by Gasteiger charge is 2.11. The van der Waals surface area contributed by atoms with Crippen molar-refractivity contribution in [1.29, 1.82) is 0 Å². The summed E-state index contributed by atoms with van der Waals surface area (Å²) in [5, 5.41) is 0. The SMILES string of the molecule is C=N/C(=C\C)N1CCCC1. The summed E-state index contributed by atoms with van der Waals surface area (Å²) in [6, 6.07) is 0. The van der Waals surface area contributed by atoms with E-state index in [1.54, 1.807) is 0 Å². The fourth-order valence-corrected chi connectivity index (χ4v) is 1.32. The molecule has 56 valence electrons. The lowest BCUT2D eigenvalue weighted by molar-refractivity contribution is 0.422. The van der Waals surface area contributed by atoms with Crippen LogP contribution in [-0.2, 0) is 0 Å². The third-order valence-electron chi connectivity index (χ3n) is 1.85. The van der Waals surface area contributed by atoms with Crippen molar-refractivity contribution in [2.75, 3.05) is 13.1 Å². The summed E-state index contributed by atoms with van der Waals surface area (Å²) < 4.78 is 0. The Labute approximate surface area is 62.3 Å². The third-order valence-corrected chi connectivity index (χ3v) is 1.85. The lowest BCUT2D eigenvalue weighted by atomic mass is 10.4. The molecule has 0 aromatic rings. The fourth-order valence-electron chi connectivity index (χ4n) is 1.32.